The van der Waals surface area contributed by atoms with E-state index in [-0.39, 0.29) is 0 Å². The zero-order valence-electron chi connectivity index (χ0n) is 12.1. The van der Waals surface area contributed by atoms with Crippen LogP contribution in [-0.2, 0) is 4.79 Å². The quantitative estimate of drug-likeness (QED) is 0.846. The highest BCUT2D eigenvalue weighted by Crippen LogP contribution is 2.37. The van der Waals surface area contributed by atoms with E-state index in [2.05, 4.69) is 10.2 Å². The summed E-state index contributed by atoms with van der Waals surface area (Å²) >= 11 is 0. The van der Waals surface area contributed by atoms with Gasteiger partial charge in [0.05, 0.1) is 0 Å². The van der Waals surface area contributed by atoms with E-state index in [0.717, 1.165) is 44.3 Å². The molecule has 3 rings (SSSR count). The van der Waals surface area contributed by atoms with Crippen LogP contribution in [0.25, 0.3) is 0 Å². The van der Waals surface area contributed by atoms with Crippen molar-refractivity contribution in [3.05, 3.63) is 0 Å². The number of hydrogen-bond donors (Lipinski definition) is 1. The van der Waals surface area contributed by atoms with Crippen molar-refractivity contribution < 1.29 is 4.79 Å². The molecule has 3 fully saturated rings. The summed E-state index contributed by atoms with van der Waals surface area (Å²) in [5.41, 5.74) is 0. The van der Waals surface area contributed by atoms with E-state index in [1.54, 1.807) is 0 Å². The van der Waals surface area contributed by atoms with Crippen molar-refractivity contribution in [1.29, 1.82) is 0 Å². The number of likely N-dealkylation sites (tertiary alicyclic amines) is 1. The van der Waals surface area contributed by atoms with Crippen molar-refractivity contribution in [1.82, 2.24) is 10.2 Å². The third-order valence-electron chi connectivity index (χ3n) is 5.54. The van der Waals surface area contributed by atoms with Crippen molar-refractivity contribution >= 4 is 5.91 Å². The van der Waals surface area contributed by atoms with Crippen LogP contribution in [0.1, 0.15) is 57.8 Å². The number of hydrogen-bond acceptors (Lipinski definition) is 2. The molecule has 0 aromatic heterocycles. The molecule has 19 heavy (non-hydrogen) atoms. The zero-order valence-corrected chi connectivity index (χ0v) is 12.1. The lowest BCUT2D eigenvalue weighted by Crippen LogP contribution is -2.42. The van der Waals surface area contributed by atoms with Crippen molar-refractivity contribution in [2.45, 2.75) is 63.8 Å². The lowest BCUT2D eigenvalue weighted by molar-refractivity contribution is -0.133. The van der Waals surface area contributed by atoms with Crippen LogP contribution in [0.2, 0.25) is 0 Å². The van der Waals surface area contributed by atoms with E-state index in [1.165, 1.54) is 44.9 Å². The molecule has 1 amide bonds. The molecule has 2 aliphatic heterocycles. The summed E-state index contributed by atoms with van der Waals surface area (Å²) in [5, 5.41) is 3.40. The highest BCUT2D eigenvalue weighted by Gasteiger charge is 2.36. The smallest absolute Gasteiger partial charge is 0.222 e. The first-order valence-electron chi connectivity index (χ1n) is 8.35. The largest absolute Gasteiger partial charge is 0.339 e. The summed E-state index contributed by atoms with van der Waals surface area (Å²) < 4.78 is 0. The Morgan fingerprint density at radius 3 is 2.53 bits per heavy atom. The molecule has 0 bridgehead atoms. The lowest BCUT2D eigenvalue weighted by atomic mass is 9.78. The van der Waals surface area contributed by atoms with Gasteiger partial charge >= 0.3 is 0 Å². The molecule has 2 saturated heterocycles. The molecule has 0 aromatic carbocycles. The Kier molecular flexibility index (Phi) is 4.42. The molecular formula is C16H28N2O. The van der Waals surface area contributed by atoms with Gasteiger partial charge in [-0.25, -0.2) is 0 Å². The van der Waals surface area contributed by atoms with Crippen LogP contribution in [0.3, 0.4) is 0 Å². The maximum absolute atomic E-state index is 12.5. The van der Waals surface area contributed by atoms with Crippen LogP contribution in [0, 0.1) is 11.8 Å². The van der Waals surface area contributed by atoms with Crippen molar-refractivity contribution in [3.8, 4) is 0 Å². The molecule has 1 unspecified atom stereocenters. The second-order valence-electron chi connectivity index (χ2n) is 6.72. The first-order valence-corrected chi connectivity index (χ1v) is 8.35. The number of piperidine rings is 1. The highest BCUT2D eigenvalue weighted by molar-refractivity contribution is 5.76. The second-order valence-corrected chi connectivity index (χ2v) is 6.72. The van der Waals surface area contributed by atoms with Gasteiger partial charge in [0.15, 0.2) is 0 Å². The molecule has 0 spiro atoms. The van der Waals surface area contributed by atoms with Crippen LogP contribution in [0.4, 0.5) is 0 Å². The van der Waals surface area contributed by atoms with E-state index < -0.39 is 0 Å². The third-order valence-corrected chi connectivity index (χ3v) is 5.54. The van der Waals surface area contributed by atoms with Gasteiger partial charge in [-0.15, -0.1) is 0 Å². The Hall–Kier alpha value is -0.570. The van der Waals surface area contributed by atoms with Crippen molar-refractivity contribution in [3.63, 3.8) is 0 Å². The van der Waals surface area contributed by atoms with Crippen LogP contribution in [0.5, 0.6) is 0 Å². The molecule has 2 heterocycles. The summed E-state index contributed by atoms with van der Waals surface area (Å²) in [6.45, 7) is 3.33. The number of nitrogens with one attached hydrogen (secondary N) is 1. The van der Waals surface area contributed by atoms with Gasteiger partial charge in [-0.05, 0) is 69.9 Å². The third kappa shape index (κ3) is 3.13. The molecule has 108 valence electrons. The Morgan fingerprint density at radius 2 is 1.84 bits per heavy atom. The highest BCUT2D eigenvalue weighted by atomic mass is 16.2. The maximum Gasteiger partial charge on any atom is 0.222 e. The Balaban J connectivity index is 1.46. The fraction of sp³-hybridized carbons (Fsp3) is 0.938. The van der Waals surface area contributed by atoms with E-state index in [9.17, 15) is 4.79 Å². The summed E-state index contributed by atoms with van der Waals surface area (Å²) in [6, 6.07) is 0.606. The van der Waals surface area contributed by atoms with Crippen LogP contribution in [-0.4, -0.2) is 36.5 Å². The minimum Gasteiger partial charge on any atom is -0.339 e. The molecular weight excluding hydrogens is 236 g/mol. The molecule has 3 nitrogen and oxygen atoms in total. The molecule has 0 aromatic rings. The zero-order chi connectivity index (χ0) is 13.1. The average Bonchev–Trinajstić information content (AvgIpc) is 2.84. The van der Waals surface area contributed by atoms with Crippen LogP contribution < -0.4 is 5.32 Å². The van der Waals surface area contributed by atoms with Crippen LogP contribution in [0.15, 0.2) is 0 Å². The summed E-state index contributed by atoms with van der Waals surface area (Å²) in [7, 11) is 0. The fourth-order valence-corrected chi connectivity index (χ4v) is 4.06. The van der Waals surface area contributed by atoms with Gasteiger partial charge in [-0.3, -0.25) is 4.79 Å². The van der Waals surface area contributed by atoms with Gasteiger partial charge in [0.25, 0.3) is 0 Å². The molecule has 1 saturated carbocycles. The lowest BCUT2D eigenvalue weighted by Gasteiger charge is -2.37. The van der Waals surface area contributed by atoms with Crippen LogP contribution >= 0.6 is 0 Å². The summed E-state index contributed by atoms with van der Waals surface area (Å²) in [5.74, 6) is 2.08. The van der Waals surface area contributed by atoms with Gasteiger partial charge in [-0.1, -0.05) is 6.42 Å². The topological polar surface area (TPSA) is 32.3 Å². The van der Waals surface area contributed by atoms with Crippen molar-refractivity contribution in [2.24, 2.45) is 11.8 Å². The van der Waals surface area contributed by atoms with E-state index in [0.29, 0.717) is 11.9 Å². The molecule has 1 atom stereocenters. The number of rotatable bonds is 4. The number of nitrogens with zero attached hydrogens (tertiary/aromatic N) is 1. The Morgan fingerprint density at radius 1 is 1.05 bits per heavy atom. The summed E-state index contributed by atoms with van der Waals surface area (Å²) in [6.07, 6.45) is 11.1. The minimum atomic E-state index is 0.452. The Bertz CT molecular complexity index is 308. The molecule has 1 N–H and O–H groups in total. The van der Waals surface area contributed by atoms with E-state index in [4.69, 9.17) is 0 Å². The SMILES string of the molecule is O=C(CCC1CCNCC1)N1CCCC1C1CCC1. The first kappa shape index (κ1) is 13.4. The first-order chi connectivity index (χ1) is 9.34. The van der Waals surface area contributed by atoms with Gasteiger partial charge in [0.1, 0.15) is 0 Å². The van der Waals surface area contributed by atoms with Gasteiger partial charge in [-0.2, -0.15) is 0 Å². The average molecular weight is 264 g/mol. The van der Waals surface area contributed by atoms with Gasteiger partial charge in [0.2, 0.25) is 5.91 Å². The standard InChI is InChI=1S/C16H28N2O/c19-16(7-6-13-8-10-17-11-9-13)18-12-2-5-15(18)14-3-1-4-14/h13-15,17H,1-12H2. The number of amides is 1. The van der Waals surface area contributed by atoms with Gasteiger partial charge in [0, 0.05) is 19.0 Å². The normalized spacial score (nSPS) is 29.5. The molecule has 1 aliphatic carbocycles. The predicted octanol–water partition coefficient (Wildman–Crippen LogP) is 2.56. The number of carbonyl (C=O) groups excluding carboxylic acids is 1. The Labute approximate surface area is 117 Å². The van der Waals surface area contributed by atoms with Gasteiger partial charge < -0.3 is 10.2 Å². The predicted molar refractivity (Wildman–Crippen MR) is 76.9 cm³/mol. The molecule has 3 aliphatic rings. The maximum atomic E-state index is 12.5. The fourth-order valence-electron chi connectivity index (χ4n) is 4.06. The molecule has 0 radical (unpaired) electrons. The number of carbonyl (C=O) groups is 1. The molecule has 3 heteroatoms. The van der Waals surface area contributed by atoms with E-state index >= 15 is 0 Å². The monoisotopic (exact) mass is 264 g/mol. The summed E-state index contributed by atoms with van der Waals surface area (Å²) in [4.78, 5) is 14.7. The second kappa shape index (κ2) is 6.25. The van der Waals surface area contributed by atoms with Crippen molar-refractivity contribution in [2.75, 3.05) is 19.6 Å². The minimum absolute atomic E-state index is 0.452. The van der Waals surface area contributed by atoms with E-state index in [1.807, 2.05) is 0 Å².